The largest absolute Gasteiger partial charge is 0.493 e. The van der Waals surface area contributed by atoms with E-state index in [4.69, 9.17) is 0 Å². The average molecular weight is 359 g/mol. The lowest BCUT2D eigenvalue weighted by atomic mass is 10.0. The molecule has 4 aromatic rings. The van der Waals surface area contributed by atoms with Crippen LogP contribution in [-0.4, -0.2) is 26.2 Å². The van der Waals surface area contributed by atoms with Gasteiger partial charge in [0.15, 0.2) is 5.69 Å². The third-order valence-electron chi connectivity index (χ3n) is 4.51. The molecule has 0 radical (unpaired) electrons. The first kappa shape index (κ1) is 16.7. The van der Waals surface area contributed by atoms with E-state index in [0.717, 1.165) is 16.6 Å². The van der Waals surface area contributed by atoms with E-state index in [1.165, 1.54) is 5.56 Å². The fourth-order valence-electron chi connectivity index (χ4n) is 2.84. The molecule has 134 valence electrons. The number of rotatable bonds is 3. The summed E-state index contributed by atoms with van der Waals surface area (Å²) < 4.78 is 0. The maximum Gasteiger partial charge on any atom is 0.313 e. The number of para-hydroxylation sites is 1. The van der Waals surface area contributed by atoms with E-state index in [0.29, 0.717) is 11.1 Å². The molecule has 0 fully saturated rings. The van der Waals surface area contributed by atoms with Gasteiger partial charge in [-0.2, -0.15) is 5.10 Å². The van der Waals surface area contributed by atoms with Crippen molar-refractivity contribution in [2.45, 2.75) is 13.8 Å². The zero-order valence-electron chi connectivity index (χ0n) is 14.8. The smallest absolute Gasteiger partial charge is 0.313 e. The number of H-pyrrole nitrogens is 2. The van der Waals surface area contributed by atoms with E-state index in [2.05, 4.69) is 25.4 Å². The summed E-state index contributed by atoms with van der Waals surface area (Å²) in [6, 6.07) is 14.9. The number of nitrogens with zero attached hydrogens (tertiary/aromatic N) is 3. The standard InChI is InChI=1S/C20H17N5O2/c1-11-7-8-13(9-12(11)2)16-10-17(23-22-16)19(26)25-24-18-14-5-3-4-6-15(14)21-20(18)27/h3-10,21,27H,1-2H3,(H,22,23). The number of hydrogen-bond donors (Lipinski definition) is 3. The van der Waals surface area contributed by atoms with Crippen LogP contribution in [0, 0.1) is 13.8 Å². The molecule has 2 aromatic heterocycles. The first-order valence-corrected chi connectivity index (χ1v) is 8.41. The molecule has 0 bridgehead atoms. The third kappa shape index (κ3) is 3.10. The van der Waals surface area contributed by atoms with Gasteiger partial charge >= 0.3 is 5.91 Å². The number of fused-ring (bicyclic) bond motifs is 1. The first-order chi connectivity index (χ1) is 13.0. The number of aromatic hydroxyl groups is 1. The maximum absolute atomic E-state index is 12.3. The van der Waals surface area contributed by atoms with Gasteiger partial charge in [0.05, 0.1) is 11.2 Å². The van der Waals surface area contributed by atoms with Crippen molar-refractivity contribution in [1.82, 2.24) is 15.2 Å². The van der Waals surface area contributed by atoms with Crippen LogP contribution in [0.3, 0.4) is 0 Å². The molecule has 4 rings (SSSR count). The Morgan fingerprint density at radius 1 is 1.07 bits per heavy atom. The van der Waals surface area contributed by atoms with Gasteiger partial charge in [0.2, 0.25) is 5.88 Å². The lowest BCUT2D eigenvalue weighted by Crippen LogP contribution is -1.93. The van der Waals surface area contributed by atoms with Gasteiger partial charge in [0, 0.05) is 10.9 Å². The zero-order valence-corrected chi connectivity index (χ0v) is 14.8. The molecule has 2 heterocycles. The van der Waals surface area contributed by atoms with E-state index in [1.54, 1.807) is 18.2 Å². The molecule has 2 aromatic carbocycles. The van der Waals surface area contributed by atoms with Crippen molar-refractivity contribution in [2.75, 3.05) is 0 Å². The molecule has 0 unspecified atom stereocenters. The first-order valence-electron chi connectivity index (χ1n) is 8.41. The van der Waals surface area contributed by atoms with Crippen LogP contribution in [0.4, 0.5) is 5.69 Å². The number of hydrogen-bond acceptors (Lipinski definition) is 4. The number of aromatic amines is 2. The normalized spacial score (nSPS) is 11.5. The molecular weight excluding hydrogens is 342 g/mol. The van der Waals surface area contributed by atoms with E-state index in [-0.39, 0.29) is 17.3 Å². The molecule has 0 aliphatic heterocycles. The summed E-state index contributed by atoms with van der Waals surface area (Å²) >= 11 is 0. The fraction of sp³-hybridized carbons (Fsp3) is 0.100. The zero-order chi connectivity index (χ0) is 19.0. The second-order valence-electron chi connectivity index (χ2n) is 6.34. The van der Waals surface area contributed by atoms with E-state index >= 15 is 0 Å². The summed E-state index contributed by atoms with van der Waals surface area (Å²) in [5, 5.41) is 25.2. The number of azo groups is 1. The van der Waals surface area contributed by atoms with Crippen molar-refractivity contribution in [3.63, 3.8) is 0 Å². The summed E-state index contributed by atoms with van der Waals surface area (Å²) in [5.41, 5.74) is 5.09. The molecule has 1 amide bonds. The van der Waals surface area contributed by atoms with Crippen LogP contribution in [0.25, 0.3) is 22.2 Å². The van der Waals surface area contributed by atoms with Crippen molar-refractivity contribution < 1.29 is 9.90 Å². The van der Waals surface area contributed by atoms with Crippen LogP contribution in [0.5, 0.6) is 5.88 Å². The highest BCUT2D eigenvalue weighted by Gasteiger charge is 2.13. The predicted octanol–water partition coefficient (Wildman–Crippen LogP) is 4.80. The maximum atomic E-state index is 12.3. The molecule has 7 heteroatoms. The Morgan fingerprint density at radius 2 is 1.89 bits per heavy atom. The minimum atomic E-state index is -0.567. The molecule has 0 aliphatic carbocycles. The van der Waals surface area contributed by atoms with Crippen molar-refractivity contribution in [3.8, 4) is 17.1 Å². The monoisotopic (exact) mass is 359 g/mol. The SMILES string of the molecule is Cc1ccc(-c2cc(C(=O)N=Nc3c(O)[nH]c4ccccc34)[nH]n2)cc1C. The highest BCUT2D eigenvalue weighted by Crippen LogP contribution is 2.35. The summed E-state index contributed by atoms with van der Waals surface area (Å²) in [4.78, 5) is 15.1. The number of aryl methyl sites for hydroxylation is 2. The van der Waals surface area contributed by atoms with Crippen molar-refractivity contribution in [3.05, 3.63) is 65.4 Å². The van der Waals surface area contributed by atoms with Gasteiger partial charge in [-0.3, -0.25) is 9.89 Å². The highest BCUT2D eigenvalue weighted by molar-refractivity contribution is 5.96. The Labute approximate surface area is 154 Å². The molecule has 0 saturated heterocycles. The summed E-state index contributed by atoms with van der Waals surface area (Å²) in [7, 11) is 0. The van der Waals surface area contributed by atoms with Crippen molar-refractivity contribution >= 4 is 22.5 Å². The van der Waals surface area contributed by atoms with Gasteiger partial charge in [0.1, 0.15) is 5.69 Å². The Balaban J connectivity index is 1.60. The summed E-state index contributed by atoms with van der Waals surface area (Å²) in [6.45, 7) is 4.07. The van der Waals surface area contributed by atoms with E-state index < -0.39 is 5.91 Å². The number of carbonyl (C=O) groups excluding carboxylic acids is 1. The molecular formula is C20H17N5O2. The van der Waals surface area contributed by atoms with Crippen molar-refractivity contribution in [1.29, 1.82) is 0 Å². The van der Waals surface area contributed by atoms with Gasteiger partial charge in [0.25, 0.3) is 0 Å². The lowest BCUT2D eigenvalue weighted by Gasteiger charge is -2.01. The second kappa shape index (κ2) is 6.53. The van der Waals surface area contributed by atoms with Gasteiger partial charge in [-0.05, 0) is 43.2 Å². The van der Waals surface area contributed by atoms with Crippen LogP contribution in [0.2, 0.25) is 0 Å². The van der Waals surface area contributed by atoms with E-state index in [9.17, 15) is 9.90 Å². The van der Waals surface area contributed by atoms with E-state index in [1.807, 2.05) is 44.2 Å². The average Bonchev–Trinajstić information content (AvgIpc) is 3.26. The molecule has 7 nitrogen and oxygen atoms in total. The number of nitrogens with one attached hydrogen (secondary N) is 2. The number of aromatic nitrogens is 3. The van der Waals surface area contributed by atoms with Crippen LogP contribution >= 0.6 is 0 Å². The van der Waals surface area contributed by atoms with Gasteiger partial charge in [-0.25, -0.2) is 0 Å². The van der Waals surface area contributed by atoms with Gasteiger partial charge in [-0.1, -0.05) is 30.3 Å². The quantitative estimate of drug-likeness (QED) is 0.457. The van der Waals surface area contributed by atoms with Crippen molar-refractivity contribution in [2.24, 2.45) is 10.2 Å². The van der Waals surface area contributed by atoms with Crippen LogP contribution < -0.4 is 0 Å². The molecule has 27 heavy (non-hydrogen) atoms. The summed E-state index contributed by atoms with van der Waals surface area (Å²) in [6.07, 6.45) is 0. The number of benzene rings is 2. The predicted molar refractivity (Wildman–Crippen MR) is 102 cm³/mol. The second-order valence-corrected chi connectivity index (χ2v) is 6.34. The minimum Gasteiger partial charge on any atom is -0.493 e. The Morgan fingerprint density at radius 3 is 2.70 bits per heavy atom. The molecule has 0 saturated carbocycles. The molecule has 0 atom stereocenters. The van der Waals surface area contributed by atoms with Crippen LogP contribution in [0.1, 0.15) is 21.6 Å². The molecule has 0 spiro atoms. The Kier molecular flexibility index (Phi) is 4.04. The van der Waals surface area contributed by atoms with Crippen LogP contribution in [-0.2, 0) is 0 Å². The Hall–Kier alpha value is -3.74. The lowest BCUT2D eigenvalue weighted by molar-refractivity contribution is 0.0990. The minimum absolute atomic E-state index is 0.131. The van der Waals surface area contributed by atoms with Crippen LogP contribution in [0.15, 0.2) is 58.8 Å². The number of amides is 1. The summed E-state index contributed by atoms with van der Waals surface area (Å²) in [5.74, 6) is -0.699. The molecule has 0 aliphatic rings. The third-order valence-corrected chi connectivity index (χ3v) is 4.51. The highest BCUT2D eigenvalue weighted by atomic mass is 16.3. The Bertz CT molecular complexity index is 1190. The van der Waals surface area contributed by atoms with Gasteiger partial charge < -0.3 is 10.1 Å². The van der Waals surface area contributed by atoms with Gasteiger partial charge in [-0.15, -0.1) is 10.2 Å². The fourth-order valence-corrected chi connectivity index (χ4v) is 2.84. The number of carbonyl (C=O) groups is 1. The molecule has 3 N–H and O–H groups in total. The topological polar surface area (TPSA) is 106 Å².